The molecule has 3 nitrogen and oxygen atoms in total. The van der Waals surface area contributed by atoms with E-state index in [1.807, 2.05) is 42.5 Å². The summed E-state index contributed by atoms with van der Waals surface area (Å²) in [6.45, 7) is 2.15. The molecule has 21 heavy (non-hydrogen) atoms. The van der Waals surface area contributed by atoms with Gasteiger partial charge in [-0.1, -0.05) is 37.3 Å². The minimum Gasteiger partial charge on any atom is -0.496 e. The first kappa shape index (κ1) is 14.9. The van der Waals surface area contributed by atoms with Crippen molar-refractivity contribution in [3.05, 3.63) is 59.7 Å². The van der Waals surface area contributed by atoms with Gasteiger partial charge >= 0.3 is 0 Å². The van der Waals surface area contributed by atoms with E-state index in [2.05, 4.69) is 24.4 Å². The molecule has 0 fully saturated rings. The Balaban J connectivity index is 2.17. The largest absolute Gasteiger partial charge is 0.496 e. The Morgan fingerprint density at radius 1 is 1.14 bits per heavy atom. The Kier molecular flexibility index (Phi) is 5.22. The van der Waals surface area contributed by atoms with Gasteiger partial charge in [0, 0.05) is 11.3 Å². The van der Waals surface area contributed by atoms with E-state index in [-0.39, 0.29) is 6.04 Å². The Hall–Kier alpha value is -2.47. The van der Waals surface area contributed by atoms with Crippen LogP contribution in [-0.2, 0) is 6.42 Å². The number of benzene rings is 2. The average Bonchev–Trinajstić information content (AvgIpc) is 2.54. The Morgan fingerprint density at radius 2 is 1.86 bits per heavy atom. The Bertz CT molecular complexity index is 614. The molecule has 0 heterocycles. The molecule has 1 N–H and O–H groups in total. The van der Waals surface area contributed by atoms with Crippen LogP contribution < -0.4 is 10.1 Å². The van der Waals surface area contributed by atoms with Crippen LogP contribution in [0.1, 0.15) is 30.5 Å². The van der Waals surface area contributed by atoms with Crippen LogP contribution in [-0.4, -0.2) is 7.11 Å². The fourth-order valence-corrected chi connectivity index (χ4v) is 2.37. The lowest BCUT2D eigenvalue weighted by molar-refractivity contribution is 0.406. The van der Waals surface area contributed by atoms with Crippen LogP contribution in [0, 0.1) is 11.3 Å². The monoisotopic (exact) mass is 280 g/mol. The summed E-state index contributed by atoms with van der Waals surface area (Å²) >= 11 is 0. The number of para-hydroxylation sites is 1. The molecule has 2 aromatic carbocycles. The van der Waals surface area contributed by atoms with E-state index in [1.54, 1.807) is 7.11 Å². The molecule has 0 saturated heterocycles. The highest BCUT2D eigenvalue weighted by Crippen LogP contribution is 2.29. The molecule has 0 saturated carbocycles. The SMILES string of the molecule is CCC(Nc1ccc(CC#N)cc1)c1ccccc1OC. The van der Waals surface area contributed by atoms with Crippen LogP contribution in [0.2, 0.25) is 0 Å². The zero-order chi connectivity index (χ0) is 15.1. The van der Waals surface area contributed by atoms with Crippen LogP contribution >= 0.6 is 0 Å². The molecule has 0 aliphatic carbocycles. The van der Waals surface area contributed by atoms with Crippen molar-refractivity contribution in [2.24, 2.45) is 0 Å². The van der Waals surface area contributed by atoms with Crippen molar-refractivity contribution < 1.29 is 4.74 Å². The molecule has 0 amide bonds. The maximum absolute atomic E-state index is 8.70. The van der Waals surface area contributed by atoms with Gasteiger partial charge in [0.1, 0.15) is 5.75 Å². The standard InChI is InChI=1S/C18H20N2O/c1-3-17(16-6-4-5-7-18(16)21-2)20-15-10-8-14(9-11-15)12-13-19/h4-11,17,20H,3,12H2,1-2H3. The van der Waals surface area contributed by atoms with Gasteiger partial charge in [-0.3, -0.25) is 0 Å². The van der Waals surface area contributed by atoms with Gasteiger partial charge in [-0.2, -0.15) is 5.26 Å². The summed E-state index contributed by atoms with van der Waals surface area (Å²) in [4.78, 5) is 0. The third kappa shape index (κ3) is 3.76. The van der Waals surface area contributed by atoms with E-state index in [4.69, 9.17) is 10.00 Å². The average molecular weight is 280 g/mol. The van der Waals surface area contributed by atoms with Crippen molar-refractivity contribution in [2.75, 3.05) is 12.4 Å². The number of hydrogen-bond acceptors (Lipinski definition) is 3. The van der Waals surface area contributed by atoms with Gasteiger partial charge in [-0.25, -0.2) is 0 Å². The normalized spacial score (nSPS) is 11.5. The van der Waals surface area contributed by atoms with Crippen LogP contribution in [0.3, 0.4) is 0 Å². The summed E-state index contributed by atoms with van der Waals surface area (Å²) in [5.41, 5.74) is 3.24. The van der Waals surface area contributed by atoms with Crippen LogP contribution in [0.25, 0.3) is 0 Å². The molecule has 0 spiro atoms. The molecule has 108 valence electrons. The molecule has 2 aromatic rings. The first-order chi connectivity index (χ1) is 10.3. The topological polar surface area (TPSA) is 45.0 Å². The number of methoxy groups -OCH3 is 1. The van der Waals surface area contributed by atoms with Crippen LogP contribution in [0.5, 0.6) is 5.75 Å². The van der Waals surface area contributed by atoms with Crippen molar-refractivity contribution in [2.45, 2.75) is 25.8 Å². The molecule has 0 aliphatic heterocycles. The van der Waals surface area contributed by atoms with Gasteiger partial charge in [-0.15, -0.1) is 0 Å². The van der Waals surface area contributed by atoms with Gasteiger partial charge in [0.15, 0.2) is 0 Å². The molecule has 1 unspecified atom stereocenters. The van der Waals surface area contributed by atoms with Crippen molar-refractivity contribution in [1.29, 1.82) is 5.26 Å². The smallest absolute Gasteiger partial charge is 0.124 e. The highest BCUT2D eigenvalue weighted by atomic mass is 16.5. The maximum Gasteiger partial charge on any atom is 0.124 e. The lowest BCUT2D eigenvalue weighted by Gasteiger charge is -2.21. The fourth-order valence-electron chi connectivity index (χ4n) is 2.37. The molecule has 0 aromatic heterocycles. The molecule has 3 heteroatoms. The summed E-state index contributed by atoms with van der Waals surface area (Å²) in [7, 11) is 1.70. The molecular weight excluding hydrogens is 260 g/mol. The molecule has 0 radical (unpaired) electrons. The molecule has 0 aliphatic rings. The van der Waals surface area contributed by atoms with Crippen LogP contribution in [0.4, 0.5) is 5.69 Å². The summed E-state index contributed by atoms with van der Waals surface area (Å²) in [5, 5.41) is 12.2. The zero-order valence-electron chi connectivity index (χ0n) is 12.5. The second-order valence-electron chi connectivity index (χ2n) is 4.88. The number of anilines is 1. The molecule has 2 rings (SSSR count). The third-order valence-electron chi connectivity index (χ3n) is 3.50. The summed E-state index contributed by atoms with van der Waals surface area (Å²) in [6, 6.07) is 18.4. The highest BCUT2D eigenvalue weighted by molar-refractivity contribution is 5.49. The summed E-state index contributed by atoms with van der Waals surface area (Å²) in [6.07, 6.45) is 1.41. The number of nitrogens with zero attached hydrogens (tertiary/aromatic N) is 1. The number of rotatable bonds is 6. The lowest BCUT2D eigenvalue weighted by atomic mass is 10.0. The minimum atomic E-state index is 0.197. The van der Waals surface area contributed by atoms with E-state index >= 15 is 0 Å². The fraction of sp³-hybridized carbons (Fsp3) is 0.278. The Labute approximate surface area is 126 Å². The van der Waals surface area contributed by atoms with Crippen molar-refractivity contribution in [3.63, 3.8) is 0 Å². The number of hydrogen-bond donors (Lipinski definition) is 1. The minimum absolute atomic E-state index is 0.197. The van der Waals surface area contributed by atoms with Crippen molar-refractivity contribution >= 4 is 5.69 Å². The number of ether oxygens (including phenoxy) is 1. The second-order valence-corrected chi connectivity index (χ2v) is 4.88. The summed E-state index contributed by atoms with van der Waals surface area (Å²) in [5.74, 6) is 0.901. The van der Waals surface area contributed by atoms with E-state index < -0.39 is 0 Å². The summed E-state index contributed by atoms with van der Waals surface area (Å²) < 4.78 is 5.44. The van der Waals surface area contributed by atoms with Gasteiger partial charge in [-0.05, 0) is 30.2 Å². The van der Waals surface area contributed by atoms with E-state index in [9.17, 15) is 0 Å². The number of nitriles is 1. The molecular formula is C18H20N2O. The second kappa shape index (κ2) is 7.35. The number of nitrogens with one attached hydrogen (secondary N) is 1. The quantitative estimate of drug-likeness (QED) is 0.856. The molecule has 0 bridgehead atoms. The predicted molar refractivity (Wildman–Crippen MR) is 85.4 cm³/mol. The van der Waals surface area contributed by atoms with Crippen molar-refractivity contribution in [1.82, 2.24) is 0 Å². The highest BCUT2D eigenvalue weighted by Gasteiger charge is 2.13. The Morgan fingerprint density at radius 3 is 2.48 bits per heavy atom. The van der Waals surface area contributed by atoms with Gasteiger partial charge in [0.25, 0.3) is 0 Å². The first-order valence-electron chi connectivity index (χ1n) is 7.13. The van der Waals surface area contributed by atoms with Gasteiger partial charge < -0.3 is 10.1 Å². The van der Waals surface area contributed by atoms with Crippen LogP contribution in [0.15, 0.2) is 48.5 Å². The predicted octanol–water partition coefficient (Wildman–Crippen LogP) is 4.32. The van der Waals surface area contributed by atoms with E-state index in [0.717, 1.165) is 29.0 Å². The maximum atomic E-state index is 8.70. The van der Waals surface area contributed by atoms with E-state index in [1.165, 1.54) is 0 Å². The van der Waals surface area contributed by atoms with Gasteiger partial charge in [0.05, 0.1) is 25.6 Å². The lowest BCUT2D eigenvalue weighted by Crippen LogP contribution is -2.11. The first-order valence-corrected chi connectivity index (χ1v) is 7.13. The zero-order valence-corrected chi connectivity index (χ0v) is 12.5. The van der Waals surface area contributed by atoms with Crippen molar-refractivity contribution in [3.8, 4) is 11.8 Å². The molecule has 1 atom stereocenters. The van der Waals surface area contributed by atoms with Gasteiger partial charge in [0.2, 0.25) is 0 Å². The third-order valence-corrected chi connectivity index (χ3v) is 3.50. The van der Waals surface area contributed by atoms with E-state index in [0.29, 0.717) is 6.42 Å².